The molecule has 1 fully saturated rings. The van der Waals surface area contributed by atoms with E-state index < -0.39 is 5.92 Å². The molecular formula is C32H31F2N3O2. The lowest BCUT2D eigenvalue weighted by Gasteiger charge is -2.19. The predicted octanol–water partition coefficient (Wildman–Crippen LogP) is 7.84. The molecule has 7 heteroatoms. The fraction of sp³-hybridized carbons (Fsp3) is 0.281. The molecule has 1 amide bonds. The maximum atomic E-state index is 13.8. The van der Waals surface area contributed by atoms with Gasteiger partial charge in [0, 0.05) is 35.6 Å². The highest BCUT2D eigenvalue weighted by Crippen LogP contribution is 2.43. The Kier molecular flexibility index (Phi) is 7.68. The number of carbonyl (C=O) groups is 1. The monoisotopic (exact) mass is 527 g/mol. The molecule has 0 aliphatic heterocycles. The van der Waals surface area contributed by atoms with E-state index in [4.69, 9.17) is 4.74 Å². The van der Waals surface area contributed by atoms with Crippen LogP contribution in [0.15, 0.2) is 85.2 Å². The summed E-state index contributed by atoms with van der Waals surface area (Å²) in [5.74, 6) is -2.04. The molecule has 0 spiro atoms. The van der Waals surface area contributed by atoms with Crippen LogP contribution < -0.4 is 10.1 Å². The molecule has 1 aliphatic rings. The van der Waals surface area contributed by atoms with Gasteiger partial charge in [-0.1, -0.05) is 67.6 Å². The Labute approximate surface area is 227 Å². The quantitative estimate of drug-likeness (QED) is 0.228. The molecule has 4 aromatic rings. The SMILES string of the molecule is CCC(F)(F)c1ccc(CC(=O)Nc2ccc(-c3nccnc3OC(C)c3ccccc3C3CC3)cc2)cc1. The summed E-state index contributed by atoms with van der Waals surface area (Å²) in [5.41, 5.74) is 5.18. The third-order valence-electron chi connectivity index (χ3n) is 7.03. The first-order valence-electron chi connectivity index (χ1n) is 13.3. The summed E-state index contributed by atoms with van der Waals surface area (Å²) in [6.45, 7) is 3.47. The molecule has 0 radical (unpaired) electrons. The van der Waals surface area contributed by atoms with Crippen molar-refractivity contribution in [3.63, 3.8) is 0 Å². The van der Waals surface area contributed by atoms with Crippen molar-refractivity contribution in [2.75, 3.05) is 5.32 Å². The van der Waals surface area contributed by atoms with Gasteiger partial charge in [0.1, 0.15) is 11.8 Å². The number of hydrogen-bond acceptors (Lipinski definition) is 4. The number of nitrogens with zero attached hydrogens (tertiary/aromatic N) is 2. The summed E-state index contributed by atoms with van der Waals surface area (Å²) in [5, 5.41) is 2.86. The van der Waals surface area contributed by atoms with Gasteiger partial charge in [-0.25, -0.2) is 18.7 Å². The number of halogens is 2. The van der Waals surface area contributed by atoms with Crippen LogP contribution in [0.5, 0.6) is 5.88 Å². The van der Waals surface area contributed by atoms with E-state index >= 15 is 0 Å². The van der Waals surface area contributed by atoms with Gasteiger partial charge in [-0.2, -0.15) is 0 Å². The number of benzene rings is 3. The first kappa shape index (κ1) is 26.5. The van der Waals surface area contributed by atoms with Crippen molar-refractivity contribution in [1.29, 1.82) is 0 Å². The third-order valence-corrected chi connectivity index (χ3v) is 7.03. The van der Waals surface area contributed by atoms with Crippen LogP contribution in [0.25, 0.3) is 11.3 Å². The minimum atomic E-state index is -2.87. The number of aromatic nitrogens is 2. The van der Waals surface area contributed by atoms with Crippen LogP contribution in [-0.4, -0.2) is 15.9 Å². The number of carbonyl (C=O) groups excluding carboxylic acids is 1. The normalized spacial score (nSPS) is 14.1. The predicted molar refractivity (Wildman–Crippen MR) is 148 cm³/mol. The van der Waals surface area contributed by atoms with Crippen LogP contribution in [0.1, 0.15) is 67.4 Å². The van der Waals surface area contributed by atoms with Gasteiger partial charge in [0.05, 0.1) is 6.42 Å². The number of amides is 1. The fourth-order valence-electron chi connectivity index (χ4n) is 4.66. The maximum Gasteiger partial charge on any atom is 0.273 e. The maximum absolute atomic E-state index is 13.8. The molecule has 1 heterocycles. The molecule has 5 rings (SSSR count). The summed E-state index contributed by atoms with van der Waals surface area (Å²) in [4.78, 5) is 21.5. The van der Waals surface area contributed by atoms with Gasteiger partial charge < -0.3 is 10.1 Å². The van der Waals surface area contributed by atoms with E-state index in [2.05, 4.69) is 33.5 Å². The summed E-state index contributed by atoms with van der Waals surface area (Å²) < 4.78 is 34.0. The second kappa shape index (κ2) is 11.3. The molecule has 39 heavy (non-hydrogen) atoms. The van der Waals surface area contributed by atoms with E-state index in [-0.39, 0.29) is 30.4 Å². The number of ether oxygens (including phenoxy) is 1. The highest BCUT2D eigenvalue weighted by Gasteiger charge is 2.29. The zero-order valence-corrected chi connectivity index (χ0v) is 22.0. The largest absolute Gasteiger partial charge is 0.468 e. The molecule has 1 unspecified atom stereocenters. The topological polar surface area (TPSA) is 64.1 Å². The number of nitrogens with one attached hydrogen (secondary N) is 1. The average Bonchev–Trinajstić information content (AvgIpc) is 3.80. The van der Waals surface area contributed by atoms with Crippen LogP contribution in [0, 0.1) is 0 Å². The van der Waals surface area contributed by atoms with Gasteiger partial charge in [0.15, 0.2) is 0 Å². The van der Waals surface area contributed by atoms with Gasteiger partial charge in [0.25, 0.3) is 5.92 Å². The molecule has 1 aromatic heterocycles. The Hall–Kier alpha value is -4.13. The van der Waals surface area contributed by atoms with E-state index in [1.54, 1.807) is 36.7 Å². The lowest BCUT2D eigenvalue weighted by atomic mass is 9.99. The molecule has 1 aliphatic carbocycles. The summed E-state index contributed by atoms with van der Waals surface area (Å²) in [6.07, 6.45) is 5.31. The van der Waals surface area contributed by atoms with Gasteiger partial charge in [-0.15, -0.1) is 0 Å². The standard InChI is InChI=1S/C32H31F2N3O2/c1-3-32(33,34)25-14-8-22(9-15-25)20-29(38)37-26-16-12-24(13-17-26)30-31(36-19-18-35-30)39-21(2)27-6-4-5-7-28(27)23-10-11-23/h4-9,12-19,21,23H,3,10-11,20H2,1-2H3,(H,37,38). The molecule has 1 saturated carbocycles. The fourth-order valence-corrected chi connectivity index (χ4v) is 4.66. The van der Waals surface area contributed by atoms with Crippen LogP contribution in [0.3, 0.4) is 0 Å². The zero-order valence-electron chi connectivity index (χ0n) is 22.0. The van der Waals surface area contributed by atoms with Crippen molar-refractivity contribution >= 4 is 11.6 Å². The van der Waals surface area contributed by atoms with Crippen LogP contribution in [0.2, 0.25) is 0 Å². The van der Waals surface area contributed by atoms with Gasteiger partial charge in [0.2, 0.25) is 11.8 Å². The Morgan fingerprint density at radius 1 is 1.00 bits per heavy atom. The second-order valence-corrected chi connectivity index (χ2v) is 9.93. The van der Waals surface area contributed by atoms with E-state index in [1.165, 1.54) is 43.0 Å². The highest BCUT2D eigenvalue weighted by molar-refractivity contribution is 5.92. The third kappa shape index (κ3) is 6.30. The van der Waals surface area contributed by atoms with E-state index in [1.807, 2.05) is 25.1 Å². The zero-order chi connectivity index (χ0) is 27.4. The van der Waals surface area contributed by atoms with Crippen molar-refractivity contribution < 1.29 is 18.3 Å². The molecule has 200 valence electrons. The van der Waals surface area contributed by atoms with Crippen molar-refractivity contribution in [3.05, 3.63) is 107 Å². The second-order valence-electron chi connectivity index (χ2n) is 9.93. The van der Waals surface area contributed by atoms with Gasteiger partial charge in [-0.3, -0.25) is 4.79 Å². The van der Waals surface area contributed by atoms with Crippen LogP contribution in [-0.2, 0) is 17.1 Å². The van der Waals surface area contributed by atoms with Gasteiger partial charge in [-0.05, 0) is 54.5 Å². The number of hydrogen-bond donors (Lipinski definition) is 1. The van der Waals surface area contributed by atoms with E-state index in [9.17, 15) is 13.6 Å². The minimum absolute atomic E-state index is 0.0429. The van der Waals surface area contributed by atoms with E-state index in [0.717, 1.165) is 5.56 Å². The number of anilines is 1. The van der Waals surface area contributed by atoms with Crippen molar-refractivity contribution in [2.45, 2.75) is 57.5 Å². The lowest BCUT2D eigenvalue weighted by molar-refractivity contribution is -0.115. The smallest absolute Gasteiger partial charge is 0.273 e. The molecular weight excluding hydrogens is 496 g/mol. The lowest BCUT2D eigenvalue weighted by Crippen LogP contribution is -2.15. The highest BCUT2D eigenvalue weighted by atomic mass is 19.3. The molecule has 1 atom stereocenters. The summed E-state index contributed by atoms with van der Waals surface area (Å²) in [7, 11) is 0. The average molecular weight is 528 g/mol. The molecule has 1 N–H and O–H groups in total. The molecule has 0 bridgehead atoms. The first-order chi connectivity index (χ1) is 18.8. The number of alkyl halides is 2. The minimum Gasteiger partial charge on any atom is -0.468 e. The van der Waals surface area contributed by atoms with Crippen LogP contribution in [0.4, 0.5) is 14.5 Å². The van der Waals surface area contributed by atoms with Crippen molar-refractivity contribution in [2.24, 2.45) is 0 Å². The van der Waals surface area contributed by atoms with Crippen molar-refractivity contribution in [1.82, 2.24) is 9.97 Å². The molecule has 3 aromatic carbocycles. The Morgan fingerprint density at radius 2 is 1.69 bits per heavy atom. The van der Waals surface area contributed by atoms with Gasteiger partial charge >= 0.3 is 0 Å². The molecule has 0 saturated heterocycles. The number of rotatable bonds is 10. The Bertz CT molecular complexity index is 1430. The van der Waals surface area contributed by atoms with Crippen LogP contribution >= 0.6 is 0 Å². The molecule has 5 nitrogen and oxygen atoms in total. The Balaban J connectivity index is 1.24. The summed E-state index contributed by atoms with van der Waals surface area (Å²) >= 11 is 0. The Morgan fingerprint density at radius 3 is 2.38 bits per heavy atom. The summed E-state index contributed by atoms with van der Waals surface area (Å²) in [6, 6.07) is 21.6. The van der Waals surface area contributed by atoms with E-state index in [0.29, 0.717) is 28.7 Å². The van der Waals surface area contributed by atoms with Crippen molar-refractivity contribution in [3.8, 4) is 17.1 Å². The first-order valence-corrected chi connectivity index (χ1v) is 13.3.